The molecule has 6 heteroatoms. The van der Waals surface area contributed by atoms with Crippen LogP contribution in [0.2, 0.25) is 0 Å². The number of hydrogen-bond acceptors (Lipinski definition) is 5. The molecule has 0 unspecified atom stereocenters. The number of ether oxygens (including phenoxy) is 2. The number of fused-ring (bicyclic) bond motifs is 3. The van der Waals surface area contributed by atoms with Crippen molar-refractivity contribution in [3.63, 3.8) is 0 Å². The maximum atomic E-state index is 12.6. The van der Waals surface area contributed by atoms with Gasteiger partial charge in [-0.1, -0.05) is 60.7 Å². The van der Waals surface area contributed by atoms with Crippen molar-refractivity contribution in [2.24, 2.45) is 0 Å². The summed E-state index contributed by atoms with van der Waals surface area (Å²) in [6.07, 6.45) is 2.49. The molecule has 0 saturated heterocycles. The average Bonchev–Trinajstić information content (AvgIpc) is 2.87. The van der Waals surface area contributed by atoms with Crippen molar-refractivity contribution in [3.05, 3.63) is 123 Å². The summed E-state index contributed by atoms with van der Waals surface area (Å²) >= 11 is 0. The summed E-state index contributed by atoms with van der Waals surface area (Å²) in [5, 5.41) is 12.6. The van der Waals surface area contributed by atoms with Crippen LogP contribution in [0.3, 0.4) is 0 Å². The Kier molecular flexibility index (Phi) is 5.26. The Labute approximate surface area is 190 Å². The van der Waals surface area contributed by atoms with Gasteiger partial charge in [0, 0.05) is 27.2 Å². The molecule has 1 aliphatic carbocycles. The van der Waals surface area contributed by atoms with Crippen molar-refractivity contribution in [1.82, 2.24) is 0 Å². The summed E-state index contributed by atoms with van der Waals surface area (Å²) in [4.78, 5) is 24.6. The number of methoxy groups -OCH3 is 1. The topological polar surface area (TPSA) is 78.7 Å². The molecule has 0 bridgehead atoms. The van der Waals surface area contributed by atoms with Crippen molar-refractivity contribution in [2.45, 2.75) is 17.9 Å². The fourth-order valence-electron chi connectivity index (χ4n) is 4.86. The van der Waals surface area contributed by atoms with Gasteiger partial charge in [-0.2, -0.15) is 0 Å². The van der Waals surface area contributed by atoms with Gasteiger partial charge in [-0.05, 0) is 29.8 Å². The minimum Gasteiger partial charge on any atom is -0.497 e. The summed E-state index contributed by atoms with van der Waals surface area (Å²) in [7, 11) is 1.56. The van der Waals surface area contributed by atoms with E-state index < -0.39 is 17.9 Å². The van der Waals surface area contributed by atoms with Crippen LogP contribution in [0.5, 0.6) is 11.5 Å². The third-order valence-electron chi connectivity index (χ3n) is 6.32. The highest BCUT2D eigenvalue weighted by Crippen LogP contribution is 2.52. The molecule has 2 aliphatic rings. The fraction of sp³-hybridized carbons (Fsp3) is 0.148. The third-order valence-corrected chi connectivity index (χ3v) is 6.32. The Bertz CT molecular complexity index is 1280. The molecule has 0 spiro atoms. The van der Waals surface area contributed by atoms with Gasteiger partial charge in [0.2, 0.25) is 6.04 Å². The van der Waals surface area contributed by atoms with Gasteiger partial charge >= 0.3 is 0 Å². The molecule has 0 fully saturated rings. The normalized spacial score (nSPS) is 21.2. The maximum Gasteiger partial charge on any atom is 0.235 e. The molecule has 0 N–H and O–H groups in total. The molecule has 0 amide bonds. The molecule has 3 aromatic carbocycles. The van der Waals surface area contributed by atoms with Gasteiger partial charge in [-0.3, -0.25) is 14.9 Å². The van der Waals surface area contributed by atoms with Crippen LogP contribution >= 0.6 is 0 Å². The first-order valence-electron chi connectivity index (χ1n) is 10.6. The fourth-order valence-corrected chi connectivity index (χ4v) is 4.86. The van der Waals surface area contributed by atoms with Crippen LogP contribution in [-0.2, 0) is 4.79 Å². The van der Waals surface area contributed by atoms with Crippen LogP contribution in [0.1, 0.15) is 28.5 Å². The van der Waals surface area contributed by atoms with Crippen LogP contribution in [-0.4, -0.2) is 24.4 Å². The third kappa shape index (κ3) is 3.49. The number of hydrogen-bond donors (Lipinski definition) is 0. The second-order valence-electron chi connectivity index (χ2n) is 8.06. The number of carbonyl (C=O) groups excluding carboxylic acids is 1. The Hall–Kier alpha value is -4.19. The second-order valence-corrected chi connectivity index (χ2v) is 8.06. The molecular formula is C27H21NO5. The van der Waals surface area contributed by atoms with Crippen LogP contribution in [0.25, 0.3) is 5.76 Å². The molecular weight excluding hydrogens is 418 g/mol. The van der Waals surface area contributed by atoms with Crippen LogP contribution in [0.4, 0.5) is 0 Å². The van der Waals surface area contributed by atoms with E-state index in [-0.39, 0.29) is 4.92 Å². The van der Waals surface area contributed by atoms with E-state index in [1.54, 1.807) is 37.5 Å². The lowest BCUT2D eigenvalue weighted by molar-refractivity contribution is -0.528. The number of aldehydes is 1. The van der Waals surface area contributed by atoms with Crippen LogP contribution in [0.15, 0.2) is 96.1 Å². The summed E-state index contributed by atoms with van der Waals surface area (Å²) in [5.74, 6) is 0.496. The van der Waals surface area contributed by atoms with Crippen LogP contribution in [0, 0.1) is 10.1 Å². The Balaban J connectivity index is 1.78. The summed E-state index contributed by atoms with van der Waals surface area (Å²) in [6.45, 7) is 0. The summed E-state index contributed by atoms with van der Waals surface area (Å²) in [5.41, 5.74) is 3.24. The van der Waals surface area contributed by atoms with Crippen LogP contribution < -0.4 is 9.47 Å². The Morgan fingerprint density at radius 1 is 0.939 bits per heavy atom. The van der Waals surface area contributed by atoms with E-state index in [0.29, 0.717) is 34.0 Å². The minimum absolute atomic E-state index is 0.263. The first-order chi connectivity index (χ1) is 16.1. The summed E-state index contributed by atoms with van der Waals surface area (Å²) in [6, 6.07) is 22.9. The van der Waals surface area contributed by atoms with Gasteiger partial charge in [-0.25, -0.2) is 0 Å². The Morgan fingerprint density at radius 3 is 2.30 bits per heavy atom. The van der Waals surface area contributed by atoms with E-state index in [0.717, 1.165) is 17.4 Å². The quantitative estimate of drug-likeness (QED) is 0.312. The van der Waals surface area contributed by atoms with E-state index in [9.17, 15) is 14.9 Å². The molecule has 3 atom stereocenters. The number of benzene rings is 3. The number of nitrogens with zero attached hydrogens (tertiary/aromatic N) is 1. The van der Waals surface area contributed by atoms with Gasteiger partial charge in [0.15, 0.2) is 0 Å². The molecule has 33 heavy (non-hydrogen) atoms. The van der Waals surface area contributed by atoms with E-state index >= 15 is 0 Å². The van der Waals surface area contributed by atoms with Crippen molar-refractivity contribution in [2.75, 3.05) is 7.11 Å². The van der Waals surface area contributed by atoms with E-state index in [2.05, 4.69) is 0 Å². The minimum atomic E-state index is -1.08. The Morgan fingerprint density at radius 2 is 1.64 bits per heavy atom. The predicted octanol–water partition coefficient (Wildman–Crippen LogP) is 5.15. The van der Waals surface area contributed by atoms with Gasteiger partial charge in [-0.15, -0.1) is 0 Å². The SMILES string of the molecule is COc1ccc([C@@H]2C(C=O)=CC3=C(c4ccccc4)Oc4ccccc4[C@H]3[C@H]2[N+](=O)[O-])cc1. The first-order valence-corrected chi connectivity index (χ1v) is 10.6. The highest BCUT2D eigenvalue weighted by atomic mass is 16.6. The maximum absolute atomic E-state index is 12.6. The molecule has 3 aromatic rings. The lowest BCUT2D eigenvalue weighted by atomic mass is 9.68. The molecule has 6 nitrogen and oxygen atoms in total. The van der Waals surface area contributed by atoms with E-state index in [4.69, 9.17) is 9.47 Å². The smallest absolute Gasteiger partial charge is 0.235 e. The van der Waals surface area contributed by atoms with E-state index in [1.165, 1.54) is 0 Å². The largest absolute Gasteiger partial charge is 0.497 e. The molecule has 0 radical (unpaired) electrons. The number of para-hydroxylation sites is 1. The number of carbonyl (C=O) groups is 1. The first kappa shape index (κ1) is 20.7. The number of rotatable bonds is 5. The second kappa shape index (κ2) is 8.39. The zero-order valence-corrected chi connectivity index (χ0v) is 17.9. The van der Waals surface area contributed by atoms with Gasteiger partial charge in [0.25, 0.3) is 0 Å². The highest BCUT2D eigenvalue weighted by molar-refractivity contribution is 5.83. The van der Waals surface area contributed by atoms with Gasteiger partial charge < -0.3 is 9.47 Å². The molecule has 164 valence electrons. The lowest BCUT2D eigenvalue weighted by Crippen LogP contribution is -2.40. The predicted molar refractivity (Wildman–Crippen MR) is 124 cm³/mol. The zero-order chi connectivity index (χ0) is 22.9. The molecule has 0 saturated carbocycles. The molecule has 1 heterocycles. The van der Waals surface area contributed by atoms with Gasteiger partial charge in [0.05, 0.1) is 18.9 Å². The van der Waals surface area contributed by atoms with Gasteiger partial charge in [0.1, 0.15) is 23.5 Å². The zero-order valence-electron chi connectivity index (χ0n) is 17.9. The monoisotopic (exact) mass is 439 g/mol. The molecule has 5 rings (SSSR count). The highest BCUT2D eigenvalue weighted by Gasteiger charge is 2.50. The lowest BCUT2D eigenvalue weighted by Gasteiger charge is -2.37. The van der Waals surface area contributed by atoms with E-state index in [1.807, 2.05) is 54.6 Å². The summed E-state index contributed by atoms with van der Waals surface area (Å²) < 4.78 is 11.5. The van der Waals surface area contributed by atoms with Crippen molar-refractivity contribution in [3.8, 4) is 11.5 Å². The van der Waals surface area contributed by atoms with Crippen molar-refractivity contribution >= 4 is 12.0 Å². The van der Waals surface area contributed by atoms with Crippen molar-refractivity contribution < 1.29 is 19.2 Å². The number of nitro groups is 1. The standard InChI is InChI=1S/C27H21NO5/c1-32-20-13-11-17(12-14-20)24-19(16-29)15-22-25(26(24)28(30)31)21-9-5-6-10-23(21)33-27(22)18-7-3-2-4-8-18/h2-16,24-26H,1H3/t24-,25-,26+/m1/s1. The molecule has 1 aliphatic heterocycles. The number of allylic oxidation sites excluding steroid dienone is 1. The average molecular weight is 439 g/mol. The van der Waals surface area contributed by atoms with Crippen molar-refractivity contribution in [1.29, 1.82) is 0 Å². The molecule has 0 aromatic heterocycles.